The van der Waals surface area contributed by atoms with E-state index in [9.17, 15) is 0 Å². The van der Waals surface area contributed by atoms with E-state index in [1.54, 1.807) is 42.3 Å². The molecular formula is C37H49N3Ti. The third-order valence-electron chi connectivity index (χ3n) is 6.00. The molecule has 0 aliphatic heterocycles. The van der Waals surface area contributed by atoms with Crippen LogP contribution in [-0.2, 0) is 34.6 Å². The van der Waals surface area contributed by atoms with Crippen LogP contribution in [0.1, 0.15) is 41.0 Å². The molecular weight excluding hydrogens is 534 g/mol. The van der Waals surface area contributed by atoms with E-state index in [4.69, 9.17) is 0 Å². The molecule has 0 amide bonds. The van der Waals surface area contributed by atoms with Crippen LogP contribution >= 0.6 is 0 Å². The summed E-state index contributed by atoms with van der Waals surface area (Å²) < 4.78 is 0. The molecule has 0 aromatic heterocycles. The van der Waals surface area contributed by atoms with Crippen molar-refractivity contribution in [3.63, 3.8) is 0 Å². The number of nitrogens with zero attached hydrogens (tertiary/aromatic N) is 3. The SMILES string of the molecule is C(C=CCc1ccccc1)=CCc1ccccc1.C1=CC2c3ccccc3[CH-]C2CC1.C[N-]C.C[N-]C.C[N-]C.[Ti+4]. The second-order valence-corrected chi connectivity index (χ2v) is 9.57. The van der Waals surface area contributed by atoms with Crippen LogP contribution in [0.15, 0.2) is 121 Å². The largest absolute Gasteiger partial charge is 4.00 e. The average Bonchev–Trinajstić information content (AvgIpc) is 3.37. The molecule has 2 atom stereocenters. The van der Waals surface area contributed by atoms with E-state index in [0.717, 1.165) is 18.8 Å². The molecule has 0 bridgehead atoms. The standard InChI is InChI=1S/C18H18.C13H13.3C2H6N.Ti/c1(5-11-17-13-7-3-8-14-17)2-6-12-18-15-9-4-10-16-18;1-3-7-12-10(5-1)9-11-6-2-4-8-13(11)12;3*1-3-2;/h1-10,13-16H,11-12H2;1,3-5,7-9,11,13H,2,6H2;3*1-2H3;/q;4*-1;+4. The van der Waals surface area contributed by atoms with Crippen molar-refractivity contribution in [3.05, 3.63) is 166 Å². The summed E-state index contributed by atoms with van der Waals surface area (Å²) in [6, 6.07) is 29.8. The number of hydrogen-bond acceptors (Lipinski definition) is 0. The second kappa shape index (κ2) is 26.3. The Morgan fingerprint density at radius 3 is 1.59 bits per heavy atom. The van der Waals surface area contributed by atoms with E-state index in [2.05, 4.69) is 132 Å². The van der Waals surface area contributed by atoms with Crippen LogP contribution in [0.5, 0.6) is 0 Å². The van der Waals surface area contributed by atoms with Crippen molar-refractivity contribution in [1.82, 2.24) is 0 Å². The molecule has 5 rings (SSSR count). The van der Waals surface area contributed by atoms with Crippen molar-refractivity contribution < 1.29 is 21.7 Å². The van der Waals surface area contributed by atoms with E-state index in [-0.39, 0.29) is 21.7 Å². The molecule has 0 radical (unpaired) electrons. The van der Waals surface area contributed by atoms with Gasteiger partial charge < -0.3 is 16.0 Å². The van der Waals surface area contributed by atoms with Gasteiger partial charge in [0.05, 0.1) is 0 Å². The Labute approximate surface area is 266 Å². The Kier molecular flexibility index (Phi) is 24.6. The first-order valence-electron chi connectivity index (χ1n) is 14.1. The fourth-order valence-corrected chi connectivity index (χ4v) is 4.37. The zero-order chi connectivity index (χ0) is 29.3. The topological polar surface area (TPSA) is 42.3 Å². The minimum Gasteiger partial charge on any atom is -0.668 e. The third-order valence-corrected chi connectivity index (χ3v) is 6.00. The van der Waals surface area contributed by atoms with Crippen molar-refractivity contribution in [2.45, 2.75) is 31.6 Å². The average molecular weight is 584 g/mol. The van der Waals surface area contributed by atoms with Gasteiger partial charge in [-0.05, 0) is 36.3 Å². The Balaban J connectivity index is 0.000000608. The van der Waals surface area contributed by atoms with Gasteiger partial charge in [0.2, 0.25) is 0 Å². The summed E-state index contributed by atoms with van der Waals surface area (Å²) in [5.74, 6) is 1.47. The summed E-state index contributed by atoms with van der Waals surface area (Å²) in [6.07, 6.45) is 20.4. The zero-order valence-electron chi connectivity index (χ0n) is 25.9. The van der Waals surface area contributed by atoms with Gasteiger partial charge in [-0.3, -0.25) is 0 Å². The Bertz CT molecular complexity index is 1020. The number of hydrogen-bond donors (Lipinski definition) is 0. The minimum absolute atomic E-state index is 0. The van der Waals surface area contributed by atoms with Gasteiger partial charge in [0.15, 0.2) is 0 Å². The summed E-state index contributed by atoms with van der Waals surface area (Å²) in [4.78, 5) is 0. The summed E-state index contributed by atoms with van der Waals surface area (Å²) in [6.45, 7) is 0. The fourth-order valence-electron chi connectivity index (χ4n) is 4.37. The molecule has 0 fully saturated rings. The van der Waals surface area contributed by atoms with Crippen LogP contribution in [0.3, 0.4) is 0 Å². The van der Waals surface area contributed by atoms with E-state index >= 15 is 0 Å². The van der Waals surface area contributed by atoms with Crippen LogP contribution in [0.4, 0.5) is 0 Å². The number of benzene rings is 3. The normalized spacial score (nSPS) is 15.6. The Morgan fingerprint density at radius 2 is 1.10 bits per heavy atom. The van der Waals surface area contributed by atoms with Gasteiger partial charge in [-0.25, -0.2) is 0 Å². The molecule has 216 valence electrons. The molecule has 0 saturated heterocycles. The second-order valence-electron chi connectivity index (χ2n) is 9.57. The summed E-state index contributed by atoms with van der Waals surface area (Å²) in [5, 5.41) is 10.5. The summed E-state index contributed by atoms with van der Waals surface area (Å²) in [7, 11) is 10.5. The Morgan fingerprint density at radius 1 is 0.659 bits per heavy atom. The molecule has 0 heterocycles. The molecule has 2 aliphatic rings. The first-order chi connectivity index (χ1) is 19.6. The van der Waals surface area contributed by atoms with E-state index in [0.29, 0.717) is 5.92 Å². The molecule has 2 aliphatic carbocycles. The predicted molar refractivity (Wildman–Crippen MR) is 179 cm³/mol. The van der Waals surface area contributed by atoms with Gasteiger partial charge in [0.25, 0.3) is 0 Å². The molecule has 3 aromatic rings. The maximum atomic E-state index is 3.50. The number of rotatable bonds is 5. The van der Waals surface area contributed by atoms with Gasteiger partial charge >= 0.3 is 21.7 Å². The van der Waals surface area contributed by atoms with Crippen LogP contribution in [0, 0.1) is 12.3 Å². The smallest absolute Gasteiger partial charge is 0.668 e. The maximum Gasteiger partial charge on any atom is 4.00 e. The van der Waals surface area contributed by atoms with Crippen molar-refractivity contribution in [2.75, 3.05) is 42.3 Å². The van der Waals surface area contributed by atoms with Crippen LogP contribution in [0.25, 0.3) is 16.0 Å². The van der Waals surface area contributed by atoms with Crippen LogP contribution in [0.2, 0.25) is 0 Å². The van der Waals surface area contributed by atoms with Gasteiger partial charge in [-0.2, -0.15) is 60.3 Å². The fraction of sp³-hybridized carbons (Fsp3) is 0.324. The quantitative estimate of drug-likeness (QED) is 0.124. The van der Waals surface area contributed by atoms with E-state index in [1.165, 1.54) is 35.1 Å². The monoisotopic (exact) mass is 583 g/mol. The number of fused-ring (bicyclic) bond motifs is 3. The molecule has 3 nitrogen and oxygen atoms in total. The van der Waals surface area contributed by atoms with Gasteiger partial charge in [-0.15, -0.1) is 17.7 Å². The zero-order valence-corrected chi connectivity index (χ0v) is 27.5. The van der Waals surface area contributed by atoms with E-state index < -0.39 is 0 Å². The molecule has 41 heavy (non-hydrogen) atoms. The van der Waals surface area contributed by atoms with Gasteiger partial charge in [0.1, 0.15) is 0 Å². The van der Waals surface area contributed by atoms with Crippen molar-refractivity contribution in [2.24, 2.45) is 5.92 Å². The molecule has 3 aromatic carbocycles. The molecule has 0 saturated carbocycles. The van der Waals surface area contributed by atoms with Gasteiger partial charge in [0, 0.05) is 0 Å². The first-order valence-corrected chi connectivity index (χ1v) is 14.1. The molecule has 4 heteroatoms. The molecule has 2 unspecified atom stereocenters. The van der Waals surface area contributed by atoms with Crippen molar-refractivity contribution in [3.8, 4) is 0 Å². The predicted octanol–water partition coefficient (Wildman–Crippen LogP) is 9.74. The first kappa shape index (κ1) is 38.3. The van der Waals surface area contributed by atoms with Crippen molar-refractivity contribution in [1.29, 1.82) is 0 Å². The van der Waals surface area contributed by atoms with Gasteiger partial charge in [-0.1, -0.05) is 116 Å². The Hall–Kier alpha value is -2.66. The van der Waals surface area contributed by atoms with E-state index in [1.807, 2.05) is 12.1 Å². The molecule has 0 N–H and O–H groups in total. The van der Waals surface area contributed by atoms with Crippen LogP contribution < -0.4 is 0 Å². The maximum absolute atomic E-state index is 3.50. The number of allylic oxidation sites excluding steroid dienone is 6. The summed E-state index contributed by atoms with van der Waals surface area (Å²) in [5.41, 5.74) is 5.70. The van der Waals surface area contributed by atoms with Crippen molar-refractivity contribution >= 4 is 0 Å². The minimum atomic E-state index is 0. The van der Waals surface area contributed by atoms with Crippen LogP contribution in [-0.4, -0.2) is 42.3 Å². The third kappa shape index (κ3) is 17.0. The molecule has 0 spiro atoms. The summed E-state index contributed by atoms with van der Waals surface area (Å²) >= 11 is 0.